The van der Waals surface area contributed by atoms with Crippen molar-refractivity contribution in [2.24, 2.45) is 29.6 Å². The van der Waals surface area contributed by atoms with Crippen LogP contribution in [0.1, 0.15) is 86.0 Å². The van der Waals surface area contributed by atoms with Crippen molar-refractivity contribution in [3.8, 4) is 0 Å². The molecule has 5 nitrogen and oxygen atoms in total. The van der Waals surface area contributed by atoms with Gasteiger partial charge in [-0.05, 0) is 90.4 Å². The van der Waals surface area contributed by atoms with E-state index in [-0.39, 0.29) is 30.6 Å². The fourth-order valence-electron chi connectivity index (χ4n) is 7.27. The van der Waals surface area contributed by atoms with Crippen molar-refractivity contribution in [2.45, 2.75) is 116 Å². The number of carbonyl (C=O) groups is 1. The van der Waals surface area contributed by atoms with Crippen molar-refractivity contribution < 1.29 is 19.0 Å². The summed E-state index contributed by atoms with van der Waals surface area (Å²) in [6, 6.07) is 0.327. The quantitative estimate of drug-likeness (QED) is 0.485. The van der Waals surface area contributed by atoms with Crippen LogP contribution in [0.4, 0.5) is 4.79 Å². The van der Waals surface area contributed by atoms with Crippen molar-refractivity contribution in [1.29, 1.82) is 0 Å². The number of methoxy groups -OCH3 is 1. The summed E-state index contributed by atoms with van der Waals surface area (Å²) in [7, 11) is 1.79. The fraction of sp³-hybridized carbons (Fsp3) is 0.889. The summed E-state index contributed by atoms with van der Waals surface area (Å²) in [6.07, 6.45) is 14.6. The van der Waals surface area contributed by atoms with Gasteiger partial charge in [0.25, 0.3) is 0 Å². The molecule has 2 saturated heterocycles. The van der Waals surface area contributed by atoms with Crippen LogP contribution in [0.25, 0.3) is 0 Å². The van der Waals surface area contributed by atoms with Gasteiger partial charge in [0.15, 0.2) is 6.29 Å². The highest BCUT2D eigenvalue weighted by Gasteiger charge is 2.53. The van der Waals surface area contributed by atoms with Gasteiger partial charge in [-0.2, -0.15) is 0 Å². The molecule has 0 unspecified atom stereocenters. The minimum absolute atomic E-state index is 0.0678. The first-order valence-corrected chi connectivity index (χ1v) is 13.1. The molecule has 0 aromatic carbocycles. The van der Waals surface area contributed by atoms with Crippen LogP contribution >= 0.6 is 0 Å². The maximum absolute atomic E-state index is 13.1. The van der Waals surface area contributed by atoms with Crippen LogP contribution in [-0.4, -0.2) is 48.2 Å². The lowest BCUT2D eigenvalue weighted by molar-refractivity contribution is -0.132. The van der Waals surface area contributed by atoms with Crippen molar-refractivity contribution in [1.82, 2.24) is 4.90 Å². The topological polar surface area (TPSA) is 48.0 Å². The highest BCUT2D eigenvalue weighted by atomic mass is 16.7. The molecule has 0 N–H and O–H groups in total. The van der Waals surface area contributed by atoms with Gasteiger partial charge in [0, 0.05) is 19.1 Å². The minimum atomic E-state index is -0.472. The van der Waals surface area contributed by atoms with E-state index in [0.29, 0.717) is 17.8 Å². The smallest absolute Gasteiger partial charge is 0.411 e. The molecule has 0 aromatic rings. The molecule has 1 amide bonds. The Labute approximate surface area is 195 Å². The van der Waals surface area contributed by atoms with Crippen LogP contribution in [0.15, 0.2) is 12.2 Å². The van der Waals surface area contributed by atoms with Gasteiger partial charge < -0.3 is 14.2 Å². The number of nitrogens with zero attached hydrogens (tertiary/aromatic N) is 1. The number of fused-ring (bicyclic) bond motifs is 2. The van der Waals surface area contributed by atoms with Crippen molar-refractivity contribution in [3.05, 3.63) is 12.2 Å². The third-order valence-electron chi connectivity index (χ3n) is 8.56. The average molecular weight is 448 g/mol. The van der Waals surface area contributed by atoms with E-state index in [1.807, 2.05) is 25.7 Å². The Kier molecular flexibility index (Phi) is 7.26. The number of amides is 1. The van der Waals surface area contributed by atoms with Crippen LogP contribution in [-0.2, 0) is 14.2 Å². The normalized spacial score (nSPS) is 42.6. The minimum Gasteiger partial charge on any atom is -0.444 e. The summed E-state index contributed by atoms with van der Waals surface area (Å²) in [4.78, 5) is 15.1. The SMILES string of the molecule is CO[C@@H]1O[C@H](C)[C@H]2[C@H](/C=C/[C@H]3CCC[C@H](C)N3C(=O)OC(C)(C)C)[C@@H]3CCCC[C@H]3C[C@@H]12. The first-order chi connectivity index (χ1) is 15.2. The molecule has 0 aromatic heterocycles. The van der Waals surface area contributed by atoms with Gasteiger partial charge >= 0.3 is 6.09 Å². The Morgan fingerprint density at radius 3 is 2.47 bits per heavy atom. The highest BCUT2D eigenvalue weighted by Crippen LogP contribution is 2.55. The second-order valence-electron chi connectivity index (χ2n) is 11.8. The van der Waals surface area contributed by atoms with Gasteiger partial charge in [-0.25, -0.2) is 4.79 Å². The van der Waals surface area contributed by atoms with Gasteiger partial charge in [-0.1, -0.05) is 31.4 Å². The number of hydrogen-bond donors (Lipinski definition) is 0. The van der Waals surface area contributed by atoms with E-state index < -0.39 is 5.60 Å². The van der Waals surface area contributed by atoms with E-state index in [1.54, 1.807) is 7.11 Å². The number of ether oxygens (including phenoxy) is 3. The molecule has 0 radical (unpaired) electrons. The molecule has 4 rings (SSSR count). The Morgan fingerprint density at radius 2 is 1.75 bits per heavy atom. The van der Waals surface area contributed by atoms with Gasteiger partial charge in [-0.15, -0.1) is 0 Å². The monoisotopic (exact) mass is 447 g/mol. The molecule has 2 aliphatic carbocycles. The molecule has 4 fully saturated rings. The highest BCUT2D eigenvalue weighted by molar-refractivity contribution is 5.69. The third kappa shape index (κ3) is 4.89. The van der Waals surface area contributed by atoms with E-state index in [9.17, 15) is 4.79 Å². The summed E-state index contributed by atoms with van der Waals surface area (Å²) in [5.41, 5.74) is -0.472. The molecule has 2 aliphatic heterocycles. The van der Waals surface area contributed by atoms with Crippen LogP contribution < -0.4 is 0 Å². The Balaban J connectivity index is 1.57. The number of piperidine rings is 1. The van der Waals surface area contributed by atoms with Crippen LogP contribution in [0.5, 0.6) is 0 Å². The number of carbonyl (C=O) groups excluding carboxylic acids is 1. The molecule has 5 heteroatoms. The van der Waals surface area contributed by atoms with Crippen LogP contribution in [0.3, 0.4) is 0 Å². The maximum Gasteiger partial charge on any atom is 0.411 e. The van der Waals surface area contributed by atoms with E-state index in [2.05, 4.69) is 26.0 Å². The zero-order chi connectivity index (χ0) is 23.0. The van der Waals surface area contributed by atoms with Gasteiger partial charge in [0.1, 0.15) is 5.60 Å². The summed E-state index contributed by atoms with van der Waals surface area (Å²) in [6.45, 7) is 10.2. The lowest BCUT2D eigenvalue weighted by Crippen LogP contribution is -2.50. The van der Waals surface area contributed by atoms with Gasteiger partial charge in [0.2, 0.25) is 0 Å². The zero-order valence-electron chi connectivity index (χ0n) is 21.1. The summed E-state index contributed by atoms with van der Waals surface area (Å²) < 4.78 is 17.8. The van der Waals surface area contributed by atoms with E-state index in [1.165, 1.54) is 32.1 Å². The number of rotatable bonds is 3. The van der Waals surface area contributed by atoms with E-state index in [0.717, 1.165) is 31.1 Å². The van der Waals surface area contributed by atoms with E-state index in [4.69, 9.17) is 14.2 Å². The van der Waals surface area contributed by atoms with Crippen molar-refractivity contribution in [2.75, 3.05) is 7.11 Å². The predicted molar refractivity (Wildman–Crippen MR) is 126 cm³/mol. The Bertz CT molecular complexity index is 686. The molecular weight excluding hydrogens is 402 g/mol. The molecule has 182 valence electrons. The molecule has 0 bridgehead atoms. The molecule has 2 heterocycles. The number of hydrogen-bond acceptors (Lipinski definition) is 4. The van der Waals surface area contributed by atoms with Gasteiger partial charge in [0.05, 0.1) is 12.1 Å². The first kappa shape index (κ1) is 24.1. The third-order valence-corrected chi connectivity index (χ3v) is 8.56. The summed E-state index contributed by atoms with van der Waals surface area (Å²) >= 11 is 0. The number of likely N-dealkylation sites (tertiary alicyclic amines) is 1. The van der Waals surface area contributed by atoms with E-state index >= 15 is 0 Å². The Morgan fingerprint density at radius 1 is 1.00 bits per heavy atom. The second-order valence-corrected chi connectivity index (χ2v) is 11.8. The fourth-order valence-corrected chi connectivity index (χ4v) is 7.27. The molecular formula is C27H45NO4. The summed E-state index contributed by atoms with van der Waals surface area (Å²) in [5.74, 6) is 3.01. The molecule has 32 heavy (non-hydrogen) atoms. The largest absolute Gasteiger partial charge is 0.444 e. The lowest BCUT2D eigenvalue weighted by atomic mass is 9.57. The molecule has 9 atom stereocenters. The maximum atomic E-state index is 13.1. The molecule has 4 aliphatic rings. The molecule has 0 spiro atoms. The number of allylic oxidation sites excluding steroid dienone is 1. The Hall–Kier alpha value is -1.07. The standard InChI is InChI=1S/C27H45NO4/c1-17-10-9-12-20(28(17)26(29)32-27(3,4)5)14-15-22-21-13-8-7-11-19(21)16-23-24(22)18(2)31-25(23)30-6/h14-15,17-25H,7-13,16H2,1-6H3/b15-14+/t17-,18+,19-,20+,21+,22+,23+,24-,25+/m0/s1. The lowest BCUT2D eigenvalue weighted by Gasteiger charge is -2.47. The zero-order valence-corrected chi connectivity index (χ0v) is 21.1. The van der Waals surface area contributed by atoms with Gasteiger partial charge in [-0.3, -0.25) is 4.90 Å². The van der Waals surface area contributed by atoms with Crippen molar-refractivity contribution in [3.63, 3.8) is 0 Å². The van der Waals surface area contributed by atoms with Crippen LogP contribution in [0, 0.1) is 29.6 Å². The second kappa shape index (κ2) is 9.66. The first-order valence-electron chi connectivity index (χ1n) is 13.1. The summed E-state index contributed by atoms with van der Waals surface area (Å²) in [5, 5.41) is 0. The predicted octanol–water partition coefficient (Wildman–Crippen LogP) is 6.17. The average Bonchev–Trinajstić information content (AvgIpc) is 3.05. The molecule has 2 saturated carbocycles. The van der Waals surface area contributed by atoms with Crippen LogP contribution in [0.2, 0.25) is 0 Å². The van der Waals surface area contributed by atoms with Crippen molar-refractivity contribution >= 4 is 6.09 Å².